The van der Waals surface area contributed by atoms with Gasteiger partial charge in [-0.25, -0.2) is 4.39 Å². The maximum absolute atomic E-state index is 13.1. The van der Waals surface area contributed by atoms with Crippen LogP contribution in [0.2, 0.25) is 0 Å². The molecule has 0 saturated heterocycles. The highest BCUT2D eigenvalue weighted by molar-refractivity contribution is 7.98. The molecule has 144 valence electrons. The van der Waals surface area contributed by atoms with Crippen molar-refractivity contribution in [3.63, 3.8) is 0 Å². The fourth-order valence-electron chi connectivity index (χ4n) is 2.69. The van der Waals surface area contributed by atoms with Crippen LogP contribution in [0.15, 0.2) is 71.1 Å². The van der Waals surface area contributed by atoms with Gasteiger partial charge in [0.2, 0.25) is 5.82 Å². The van der Waals surface area contributed by atoms with Gasteiger partial charge >= 0.3 is 0 Å². The Hall–Kier alpha value is -2.93. The number of benzene rings is 2. The van der Waals surface area contributed by atoms with E-state index in [-0.39, 0.29) is 17.2 Å². The molecular formula is C21H21FN4OS. The van der Waals surface area contributed by atoms with Gasteiger partial charge in [-0.1, -0.05) is 55.1 Å². The number of hydrogen-bond donors (Lipinski definition) is 1. The molecule has 0 fully saturated rings. The molecule has 2 aromatic carbocycles. The largest absolute Gasteiger partial charge is 0.334 e. The second-order valence-electron chi connectivity index (χ2n) is 6.09. The zero-order valence-electron chi connectivity index (χ0n) is 15.6. The zero-order valence-corrected chi connectivity index (χ0v) is 16.4. The lowest BCUT2D eigenvalue weighted by molar-refractivity contribution is 0.625. The summed E-state index contributed by atoms with van der Waals surface area (Å²) in [5.41, 5.74) is 2.61. The third-order valence-electron chi connectivity index (χ3n) is 4.16. The average molecular weight is 396 g/mol. The minimum atomic E-state index is -0.278. The van der Waals surface area contributed by atoms with Crippen LogP contribution < -0.4 is 10.9 Å². The van der Waals surface area contributed by atoms with Gasteiger partial charge < -0.3 is 5.32 Å². The van der Waals surface area contributed by atoms with Crippen molar-refractivity contribution in [1.29, 1.82) is 0 Å². The highest BCUT2D eigenvalue weighted by Crippen LogP contribution is 2.22. The molecule has 1 aromatic heterocycles. The Bertz CT molecular complexity index is 1020. The number of aryl methyl sites for hydroxylation is 1. The fraction of sp³-hybridized carbons (Fsp3) is 0.190. The summed E-state index contributed by atoms with van der Waals surface area (Å²) in [7, 11) is 0. The standard InChI is InChI=1S/C21H21FN4OS/c1-3-13-26-20(27)19(23-18-8-6-5-7-16(18)4-2)24-25-21(26)28-14-15-9-11-17(22)12-10-15/h3,5-12H,1,4,13-14H2,2H3,(H,23,24). The summed E-state index contributed by atoms with van der Waals surface area (Å²) >= 11 is 1.37. The molecule has 0 saturated carbocycles. The van der Waals surface area contributed by atoms with E-state index in [0.717, 1.165) is 23.2 Å². The number of rotatable bonds is 8. The van der Waals surface area contributed by atoms with Gasteiger partial charge in [-0.3, -0.25) is 9.36 Å². The van der Waals surface area contributed by atoms with Crippen molar-refractivity contribution in [3.05, 3.63) is 88.5 Å². The normalized spacial score (nSPS) is 10.6. The van der Waals surface area contributed by atoms with Crippen molar-refractivity contribution in [2.24, 2.45) is 0 Å². The predicted molar refractivity (Wildman–Crippen MR) is 112 cm³/mol. The van der Waals surface area contributed by atoms with E-state index in [2.05, 4.69) is 29.0 Å². The Morgan fingerprint density at radius 2 is 1.93 bits per heavy atom. The number of anilines is 2. The van der Waals surface area contributed by atoms with E-state index in [1.807, 2.05) is 24.3 Å². The van der Waals surface area contributed by atoms with Gasteiger partial charge in [0, 0.05) is 18.0 Å². The van der Waals surface area contributed by atoms with Gasteiger partial charge in [0.1, 0.15) is 5.82 Å². The fourth-order valence-corrected chi connectivity index (χ4v) is 3.59. The van der Waals surface area contributed by atoms with Crippen molar-refractivity contribution in [1.82, 2.24) is 14.8 Å². The van der Waals surface area contributed by atoms with Gasteiger partial charge in [0.25, 0.3) is 5.56 Å². The second-order valence-corrected chi connectivity index (χ2v) is 7.03. The molecule has 3 aromatic rings. The lowest BCUT2D eigenvalue weighted by Crippen LogP contribution is -2.26. The van der Waals surface area contributed by atoms with Crippen LogP contribution >= 0.6 is 11.8 Å². The van der Waals surface area contributed by atoms with Crippen molar-refractivity contribution in [3.8, 4) is 0 Å². The Morgan fingerprint density at radius 3 is 2.64 bits per heavy atom. The van der Waals surface area contributed by atoms with E-state index >= 15 is 0 Å². The first kappa shape index (κ1) is 19.8. The van der Waals surface area contributed by atoms with Crippen molar-refractivity contribution >= 4 is 23.3 Å². The summed E-state index contributed by atoms with van der Waals surface area (Å²) in [5.74, 6) is 0.450. The molecule has 0 amide bonds. The number of allylic oxidation sites excluding steroid dienone is 1. The van der Waals surface area contributed by atoms with Crippen LogP contribution in [0.25, 0.3) is 0 Å². The number of para-hydroxylation sites is 1. The Kier molecular flexibility index (Phi) is 6.60. The van der Waals surface area contributed by atoms with E-state index in [0.29, 0.717) is 17.5 Å². The zero-order chi connectivity index (χ0) is 19.9. The molecule has 0 unspecified atom stereocenters. The molecule has 3 rings (SSSR count). The SMILES string of the molecule is C=CCn1c(SCc2ccc(F)cc2)nnc(Nc2ccccc2CC)c1=O. The monoisotopic (exact) mass is 396 g/mol. The number of aromatic nitrogens is 3. The number of halogens is 1. The van der Waals surface area contributed by atoms with Gasteiger partial charge in [-0.2, -0.15) is 0 Å². The smallest absolute Gasteiger partial charge is 0.297 e. The molecule has 0 bridgehead atoms. The Morgan fingerprint density at radius 1 is 1.18 bits per heavy atom. The summed E-state index contributed by atoms with van der Waals surface area (Å²) in [6, 6.07) is 14.0. The van der Waals surface area contributed by atoms with E-state index < -0.39 is 0 Å². The molecule has 0 aliphatic rings. The third kappa shape index (κ3) is 4.67. The lowest BCUT2D eigenvalue weighted by atomic mass is 10.1. The molecule has 1 N–H and O–H groups in total. The van der Waals surface area contributed by atoms with Crippen LogP contribution in [-0.4, -0.2) is 14.8 Å². The van der Waals surface area contributed by atoms with Crippen LogP contribution in [0, 0.1) is 5.82 Å². The Balaban J connectivity index is 1.86. The van der Waals surface area contributed by atoms with E-state index in [1.165, 1.54) is 28.5 Å². The number of thioether (sulfide) groups is 1. The molecule has 0 aliphatic carbocycles. The van der Waals surface area contributed by atoms with Gasteiger partial charge in [0.15, 0.2) is 5.16 Å². The van der Waals surface area contributed by atoms with Crippen LogP contribution in [0.3, 0.4) is 0 Å². The summed E-state index contributed by atoms with van der Waals surface area (Å²) in [6.45, 7) is 6.10. The maximum atomic E-state index is 13.1. The summed E-state index contributed by atoms with van der Waals surface area (Å²) in [5, 5.41) is 11.9. The molecule has 0 radical (unpaired) electrons. The van der Waals surface area contributed by atoms with Crippen LogP contribution in [-0.2, 0) is 18.7 Å². The van der Waals surface area contributed by atoms with E-state index in [4.69, 9.17) is 0 Å². The third-order valence-corrected chi connectivity index (χ3v) is 5.20. The second kappa shape index (κ2) is 9.32. The predicted octanol–water partition coefficient (Wildman–Crippen LogP) is 4.56. The molecule has 0 aliphatic heterocycles. The van der Waals surface area contributed by atoms with Crippen LogP contribution in [0.4, 0.5) is 15.9 Å². The molecule has 5 nitrogen and oxygen atoms in total. The maximum Gasteiger partial charge on any atom is 0.297 e. The molecule has 28 heavy (non-hydrogen) atoms. The first-order valence-electron chi connectivity index (χ1n) is 8.93. The first-order chi connectivity index (χ1) is 13.6. The molecule has 0 atom stereocenters. The minimum Gasteiger partial charge on any atom is -0.334 e. The molecule has 1 heterocycles. The van der Waals surface area contributed by atoms with Crippen molar-refractivity contribution in [2.75, 3.05) is 5.32 Å². The number of hydrogen-bond acceptors (Lipinski definition) is 5. The summed E-state index contributed by atoms with van der Waals surface area (Å²) in [6.07, 6.45) is 2.48. The van der Waals surface area contributed by atoms with Gasteiger partial charge in [0.05, 0.1) is 0 Å². The highest BCUT2D eigenvalue weighted by atomic mass is 32.2. The van der Waals surface area contributed by atoms with Gasteiger partial charge in [-0.15, -0.1) is 16.8 Å². The van der Waals surface area contributed by atoms with Crippen LogP contribution in [0.1, 0.15) is 18.1 Å². The Labute approximate surface area is 167 Å². The topological polar surface area (TPSA) is 59.8 Å². The molecule has 0 spiro atoms. The summed E-state index contributed by atoms with van der Waals surface area (Å²) in [4.78, 5) is 12.9. The van der Waals surface area contributed by atoms with Crippen molar-refractivity contribution < 1.29 is 4.39 Å². The minimum absolute atomic E-state index is 0.175. The quantitative estimate of drug-likeness (QED) is 0.447. The van der Waals surface area contributed by atoms with E-state index in [1.54, 1.807) is 18.2 Å². The number of nitrogens with zero attached hydrogens (tertiary/aromatic N) is 3. The first-order valence-corrected chi connectivity index (χ1v) is 9.91. The average Bonchev–Trinajstić information content (AvgIpc) is 2.72. The van der Waals surface area contributed by atoms with Gasteiger partial charge in [-0.05, 0) is 35.7 Å². The number of nitrogens with one attached hydrogen (secondary N) is 1. The summed E-state index contributed by atoms with van der Waals surface area (Å²) < 4.78 is 14.6. The highest BCUT2D eigenvalue weighted by Gasteiger charge is 2.13. The lowest BCUT2D eigenvalue weighted by Gasteiger charge is -2.13. The molecule has 7 heteroatoms. The van der Waals surface area contributed by atoms with Crippen LogP contribution in [0.5, 0.6) is 0 Å². The van der Waals surface area contributed by atoms with Crippen molar-refractivity contribution in [2.45, 2.75) is 30.8 Å². The van der Waals surface area contributed by atoms with E-state index in [9.17, 15) is 9.18 Å². The molecular weight excluding hydrogens is 375 g/mol.